The van der Waals surface area contributed by atoms with Crippen LogP contribution in [0.3, 0.4) is 0 Å². The number of para-hydroxylation sites is 1. The van der Waals surface area contributed by atoms with Gasteiger partial charge in [-0.1, -0.05) is 48.9 Å². The van der Waals surface area contributed by atoms with Gasteiger partial charge in [-0.15, -0.1) is 0 Å². The van der Waals surface area contributed by atoms with Gasteiger partial charge < -0.3 is 9.47 Å². The molecule has 0 unspecified atom stereocenters. The van der Waals surface area contributed by atoms with Crippen molar-refractivity contribution in [3.05, 3.63) is 70.3 Å². The Kier molecular flexibility index (Phi) is 6.34. The van der Waals surface area contributed by atoms with E-state index < -0.39 is 17.8 Å². The summed E-state index contributed by atoms with van der Waals surface area (Å²) in [6.45, 7) is 2.31. The van der Waals surface area contributed by atoms with Crippen LogP contribution in [0.1, 0.15) is 34.8 Å². The van der Waals surface area contributed by atoms with Gasteiger partial charge in [0.15, 0.2) is 0 Å². The fourth-order valence-corrected chi connectivity index (χ4v) is 3.27. The van der Waals surface area contributed by atoms with E-state index >= 15 is 0 Å². The maximum absolute atomic E-state index is 12.9. The number of ether oxygens (including phenoxy) is 2. The quantitative estimate of drug-likeness (QED) is 0.510. The molecule has 0 bridgehead atoms. The molecule has 2 amide bonds. The third kappa shape index (κ3) is 4.17. The number of esters is 1. The van der Waals surface area contributed by atoms with E-state index in [1.54, 1.807) is 48.5 Å². The predicted octanol–water partition coefficient (Wildman–Crippen LogP) is 3.78. The Morgan fingerprint density at radius 3 is 2.38 bits per heavy atom. The second-order valence-corrected chi connectivity index (χ2v) is 6.80. The molecule has 2 aromatic rings. The monoisotopic (exact) mass is 413 g/mol. The highest BCUT2D eigenvalue weighted by molar-refractivity contribution is 6.55. The molecule has 1 aliphatic rings. The van der Waals surface area contributed by atoms with Gasteiger partial charge in [0.1, 0.15) is 10.8 Å². The number of carbonyl (C=O) groups excluding carboxylic acids is 3. The van der Waals surface area contributed by atoms with Crippen LogP contribution in [0.25, 0.3) is 5.57 Å². The first-order valence-electron chi connectivity index (χ1n) is 9.13. The van der Waals surface area contributed by atoms with Crippen molar-refractivity contribution in [3.8, 4) is 5.75 Å². The molecular formula is C22H20ClNO5. The minimum atomic E-state index is -0.566. The zero-order valence-corrected chi connectivity index (χ0v) is 16.9. The smallest absolute Gasteiger partial charge is 0.338 e. The SMILES string of the molecule is CCCOC(=O)c1ccc(CN2C(=O)C(Cl)=C(c3ccccc3OC)C2=O)cc1. The van der Waals surface area contributed by atoms with Crippen molar-refractivity contribution in [2.75, 3.05) is 13.7 Å². The molecule has 150 valence electrons. The number of rotatable bonds is 7. The van der Waals surface area contributed by atoms with Crippen molar-refractivity contribution in [2.24, 2.45) is 0 Å². The first kappa shape index (κ1) is 20.6. The topological polar surface area (TPSA) is 72.9 Å². The molecule has 0 radical (unpaired) electrons. The molecule has 0 aromatic heterocycles. The van der Waals surface area contributed by atoms with Gasteiger partial charge in [0, 0.05) is 5.56 Å². The predicted molar refractivity (Wildman–Crippen MR) is 108 cm³/mol. The van der Waals surface area contributed by atoms with Crippen LogP contribution in [0.5, 0.6) is 5.75 Å². The first-order valence-corrected chi connectivity index (χ1v) is 9.51. The number of methoxy groups -OCH3 is 1. The lowest BCUT2D eigenvalue weighted by molar-refractivity contribution is -0.137. The molecule has 0 spiro atoms. The number of hydrogen-bond acceptors (Lipinski definition) is 5. The van der Waals surface area contributed by atoms with Crippen LogP contribution in [0.4, 0.5) is 0 Å². The van der Waals surface area contributed by atoms with E-state index in [0.29, 0.717) is 29.0 Å². The van der Waals surface area contributed by atoms with E-state index in [-0.39, 0.29) is 17.2 Å². The summed E-state index contributed by atoms with van der Waals surface area (Å²) in [5.74, 6) is -1.01. The summed E-state index contributed by atoms with van der Waals surface area (Å²) in [5, 5.41) is -0.140. The second kappa shape index (κ2) is 8.92. The molecule has 29 heavy (non-hydrogen) atoms. The molecule has 2 aromatic carbocycles. The van der Waals surface area contributed by atoms with Crippen LogP contribution < -0.4 is 4.74 Å². The van der Waals surface area contributed by atoms with Gasteiger partial charge in [-0.05, 0) is 30.2 Å². The molecule has 0 saturated carbocycles. The van der Waals surface area contributed by atoms with Gasteiger partial charge in [0.2, 0.25) is 0 Å². The van der Waals surface area contributed by atoms with Crippen LogP contribution in [0, 0.1) is 0 Å². The Labute approximate surface area is 173 Å². The Hall–Kier alpha value is -3.12. The van der Waals surface area contributed by atoms with Crippen molar-refractivity contribution in [2.45, 2.75) is 19.9 Å². The number of hydrogen-bond donors (Lipinski definition) is 0. The summed E-state index contributed by atoms with van der Waals surface area (Å²) in [4.78, 5) is 38.5. The molecule has 0 aliphatic carbocycles. The fraction of sp³-hybridized carbons (Fsp3) is 0.227. The van der Waals surface area contributed by atoms with Crippen LogP contribution in [0.2, 0.25) is 0 Å². The van der Waals surface area contributed by atoms with Crippen LogP contribution in [-0.2, 0) is 20.9 Å². The van der Waals surface area contributed by atoms with Crippen LogP contribution in [-0.4, -0.2) is 36.4 Å². The van der Waals surface area contributed by atoms with E-state index in [9.17, 15) is 14.4 Å². The van der Waals surface area contributed by atoms with Gasteiger partial charge >= 0.3 is 5.97 Å². The van der Waals surface area contributed by atoms with Gasteiger partial charge in [0.05, 0.1) is 31.4 Å². The normalized spacial score (nSPS) is 13.8. The molecule has 7 heteroatoms. The highest BCUT2D eigenvalue weighted by atomic mass is 35.5. The lowest BCUT2D eigenvalue weighted by Crippen LogP contribution is -2.30. The minimum absolute atomic E-state index is 0.0385. The van der Waals surface area contributed by atoms with E-state index in [4.69, 9.17) is 21.1 Å². The summed E-state index contributed by atoms with van der Waals surface area (Å²) < 4.78 is 10.4. The average molecular weight is 414 g/mol. The molecule has 0 N–H and O–H groups in total. The number of amides is 2. The first-order chi connectivity index (χ1) is 14.0. The van der Waals surface area contributed by atoms with Crippen LogP contribution in [0.15, 0.2) is 53.6 Å². The largest absolute Gasteiger partial charge is 0.496 e. The molecule has 3 rings (SSSR count). The van der Waals surface area contributed by atoms with E-state index in [2.05, 4.69) is 0 Å². The summed E-state index contributed by atoms with van der Waals surface area (Å²) in [6, 6.07) is 13.5. The summed E-state index contributed by atoms with van der Waals surface area (Å²) in [7, 11) is 1.49. The van der Waals surface area contributed by atoms with Crippen molar-refractivity contribution >= 4 is 35.0 Å². The highest BCUT2D eigenvalue weighted by Gasteiger charge is 2.39. The molecule has 0 fully saturated rings. The molecule has 1 heterocycles. The maximum Gasteiger partial charge on any atom is 0.338 e. The molecule has 0 atom stereocenters. The van der Waals surface area contributed by atoms with Crippen molar-refractivity contribution < 1.29 is 23.9 Å². The highest BCUT2D eigenvalue weighted by Crippen LogP contribution is 2.36. The average Bonchev–Trinajstić information content (AvgIpc) is 2.95. The molecule has 0 saturated heterocycles. The second-order valence-electron chi connectivity index (χ2n) is 6.42. The van der Waals surface area contributed by atoms with E-state index in [0.717, 1.165) is 11.3 Å². The summed E-state index contributed by atoms with van der Waals surface area (Å²) in [6.07, 6.45) is 0.741. The lowest BCUT2D eigenvalue weighted by atomic mass is 10.0. The molecule has 6 nitrogen and oxygen atoms in total. The fourth-order valence-electron chi connectivity index (χ4n) is 2.98. The maximum atomic E-state index is 12.9. The lowest BCUT2D eigenvalue weighted by Gasteiger charge is -2.15. The summed E-state index contributed by atoms with van der Waals surface area (Å²) in [5.41, 5.74) is 1.68. The van der Waals surface area contributed by atoms with Crippen LogP contribution >= 0.6 is 11.6 Å². The van der Waals surface area contributed by atoms with Crippen molar-refractivity contribution in [3.63, 3.8) is 0 Å². The zero-order chi connectivity index (χ0) is 21.0. The Morgan fingerprint density at radius 2 is 1.72 bits per heavy atom. The number of benzene rings is 2. The van der Waals surface area contributed by atoms with Crippen molar-refractivity contribution in [1.82, 2.24) is 4.90 Å². The third-order valence-electron chi connectivity index (χ3n) is 4.46. The Morgan fingerprint density at radius 1 is 1.03 bits per heavy atom. The van der Waals surface area contributed by atoms with Gasteiger partial charge in [-0.25, -0.2) is 4.79 Å². The Bertz CT molecular complexity index is 981. The number of carbonyl (C=O) groups is 3. The molecular weight excluding hydrogens is 394 g/mol. The molecule has 1 aliphatic heterocycles. The van der Waals surface area contributed by atoms with Gasteiger partial charge in [0.25, 0.3) is 11.8 Å². The minimum Gasteiger partial charge on any atom is -0.496 e. The van der Waals surface area contributed by atoms with Gasteiger partial charge in [-0.3, -0.25) is 14.5 Å². The Balaban J connectivity index is 1.79. The van der Waals surface area contributed by atoms with E-state index in [1.165, 1.54) is 7.11 Å². The summed E-state index contributed by atoms with van der Waals surface area (Å²) >= 11 is 6.21. The number of halogens is 1. The third-order valence-corrected chi connectivity index (χ3v) is 4.81. The standard InChI is InChI=1S/C22H20ClNO5/c1-3-12-29-22(27)15-10-8-14(9-11-15)13-24-20(25)18(19(23)21(24)26)16-6-4-5-7-17(16)28-2/h4-11H,3,12-13H2,1-2H3. The zero-order valence-electron chi connectivity index (χ0n) is 16.1. The number of nitrogens with zero attached hydrogens (tertiary/aromatic N) is 1. The van der Waals surface area contributed by atoms with Gasteiger partial charge in [-0.2, -0.15) is 0 Å². The van der Waals surface area contributed by atoms with Crippen molar-refractivity contribution in [1.29, 1.82) is 0 Å². The number of imide groups is 1. The van der Waals surface area contributed by atoms with E-state index in [1.807, 2.05) is 6.92 Å².